The summed E-state index contributed by atoms with van der Waals surface area (Å²) in [7, 11) is -2.07. The maximum Gasteiger partial charge on any atom is 0.251 e. The Balaban J connectivity index is 1.70. The zero-order valence-electron chi connectivity index (χ0n) is 16.5. The highest BCUT2D eigenvalue weighted by molar-refractivity contribution is 7.89. The molecule has 0 radical (unpaired) electrons. The minimum absolute atomic E-state index is 0.0527. The third-order valence-corrected chi connectivity index (χ3v) is 7.21. The topological polar surface area (TPSA) is 75.7 Å². The minimum Gasteiger partial charge on any atom is -0.372 e. The zero-order chi connectivity index (χ0) is 21.1. The summed E-state index contributed by atoms with van der Waals surface area (Å²) in [5.74, 6) is -0.808. The van der Waals surface area contributed by atoms with Crippen molar-refractivity contribution in [2.45, 2.75) is 30.3 Å². The van der Waals surface area contributed by atoms with Crippen molar-refractivity contribution in [3.05, 3.63) is 65.5 Å². The van der Waals surface area contributed by atoms with Crippen LogP contribution < -0.4 is 5.32 Å². The van der Waals surface area contributed by atoms with Gasteiger partial charge in [0, 0.05) is 31.3 Å². The fourth-order valence-corrected chi connectivity index (χ4v) is 4.89. The monoisotopic (exact) mass is 420 g/mol. The number of methoxy groups -OCH3 is 1. The first-order chi connectivity index (χ1) is 13.8. The van der Waals surface area contributed by atoms with Gasteiger partial charge in [-0.05, 0) is 50.1 Å². The first-order valence-electron chi connectivity index (χ1n) is 9.46. The first-order valence-corrected chi connectivity index (χ1v) is 10.9. The Morgan fingerprint density at radius 2 is 1.76 bits per heavy atom. The molecule has 29 heavy (non-hydrogen) atoms. The molecule has 2 aromatic rings. The van der Waals surface area contributed by atoms with Crippen molar-refractivity contribution < 1.29 is 22.3 Å². The number of carbonyl (C=O) groups excluding carboxylic acids is 1. The third-order valence-electron chi connectivity index (χ3n) is 5.30. The minimum atomic E-state index is -3.52. The number of benzene rings is 2. The molecule has 8 heteroatoms. The number of nitrogens with one attached hydrogen (secondary N) is 1. The van der Waals surface area contributed by atoms with Gasteiger partial charge in [0.1, 0.15) is 11.4 Å². The third kappa shape index (κ3) is 4.49. The second-order valence-corrected chi connectivity index (χ2v) is 9.17. The molecule has 156 valence electrons. The Kier molecular flexibility index (Phi) is 6.36. The molecule has 1 amide bonds. The van der Waals surface area contributed by atoms with Crippen LogP contribution in [-0.4, -0.2) is 45.4 Å². The van der Waals surface area contributed by atoms with E-state index in [1.165, 1.54) is 41.7 Å². The van der Waals surface area contributed by atoms with Gasteiger partial charge < -0.3 is 10.1 Å². The van der Waals surface area contributed by atoms with Crippen molar-refractivity contribution in [2.75, 3.05) is 26.7 Å². The molecule has 1 heterocycles. The van der Waals surface area contributed by atoms with Crippen molar-refractivity contribution >= 4 is 15.9 Å². The molecule has 2 aromatic carbocycles. The van der Waals surface area contributed by atoms with Crippen LogP contribution in [0.5, 0.6) is 0 Å². The van der Waals surface area contributed by atoms with Crippen molar-refractivity contribution in [1.82, 2.24) is 9.62 Å². The number of sulfonamides is 1. The normalized spacial score (nSPS) is 17.1. The maximum absolute atomic E-state index is 14.1. The second kappa shape index (κ2) is 8.61. The number of rotatable bonds is 7. The van der Waals surface area contributed by atoms with E-state index in [0.29, 0.717) is 24.2 Å². The molecular weight excluding hydrogens is 395 g/mol. The van der Waals surface area contributed by atoms with Gasteiger partial charge in [-0.25, -0.2) is 12.8 Å². The van der Waals surface area contributed by atoms with Gasteiger partial charge in [-0.1, -0.05) is 18.2 Å². The Bertz CT molecular complexity index is 972. The van der Waals surface area contributed by atoms with Crippen molar-refractivity contribution in [3.63, 3.8) is 0 Å². The van der Waals surface area contributed by atoms with E-state index in [0.717, 1.165) is 12.8 Å². The average molecular weight is 421 g/mol. The SMILES string of the molecule is COC(C)(CNC(=O)c1ccc(S(=O)(=O)N2CCCC2)cc1)c1ccccc1F. The highest BCUT2D eigenvalue weighted by Gasteiger charge is 2.30. The van der Waals surface area contributed by atoms with Gasteiger partial charge in [0.25, 0.3) is 5.91 Å². The summed E-state index contributed by atoms with van der Waals surface area (Å²) in [5.41, 5.74) is -0.382. The van der Waals surface area contributed by atoms with Crippen LogP contribution in [0.4, 0.5) is 4.39 Å². The largest absolute Gasteiger partial charge is 0.372 e. The van der Waals surface area contributed by atoms with E-state index in [9.17, 15) is 17.6 Å². The van der Waals surface area contributed by atoms with Crippen LogP contribution >= 0.6 is 0 Å². The number of nitrogens with zero attached hydrogens (tertiary/aromatic N) is 1. The molecule has 1 N–H and O–H groups in total. The first kappa shape index (κ1) is 21.4. The molecule has 1 aliphatic heterocycles. The predicted molar refractivity (Wildman–Crippen MR) is 108 cm³/mol. The van der Waals surface area contributed by atoms with E-state index in [1.807, 2.05) is 0 Å². The van der Waals surface area contributed by atoms with E-state index in [4.69, 9.17) is 4.74 Å². The van der Waals surface area contributed by atoms with Crippen LogP contribution in [0.25, 0.3) is 0 Å². The number of carbonyl (C=O) groups is 1. The number of amides is 1. The van der Waals surface area contributed by atoms with Crippen LogP contribution in [0, 0.1) is 5.82 Å². The summed E-state index contributed by atoms with van der Waals surface area (Å²) >= 11 is 0. The molecule has 1 aliphatic rings. The van der Waals surface area contributed by atoms with Gasteiger partial charge in [-0.2, -0.15) is 4.31 Å². The molecule has 0 saturated carbocycles. The number of ether oxygens (including phenoxy) is 1. The van der Waals surface area contributed by atoms with E-state index >= 15 is 0 Å². The van der Waals surface area contributed by atoms with Gasteiger partial charge in [0.2, 0.25) is 10.0 Å². The standard InChI is InChI=1S/C21H25FN2O4S/c1-21(28-2,18-7-3-4-8-19(18)22)15-23-20(25)16-9-11-17(12-10-16)29(26,27)24-13-5-6-14-24/h3-4,7-12H,5-6,13-15H2,1-2H3,(H,23,25). The summed E-state index contributed by atoms with van der Waals surface area (Å²) in [6, 6.07) is 12.1. The van der Waals surface area contributed by atoms with E-state index in [1.54, 1.807) is 25.1 Å². The molecule has 0 aliphatic carbocycles. The fraction of sp³-hybridized carbons (Fsp3) is 0.381. The summed E-state index contributed by atoms with van der Waals surface area (Å²) in [6.45, 7) is 2.79. The summed E-state index contributed by atoms with van der Waals surface area (Å²) in [6.07, 6.45) is 1.72. The number of halogens is 1. The second-order valence-electron chi connectivity index (χ2n) is 7.23. The van der Waals surface area contributed by atoms with Crippen LogP contribution in [0.1, 0.15) is 35.7 Å². The van der Waals surface area contributed by atoms with E-state index in [2.05, 4.69) is 5.32 Å². The lowest BCUT2D eigenvalue weighted by Gasteiger charge is -2.29. The Labute approximate surface area is 170 Å². The lowest BCUT2D eigenvalue weighted by Crippen LogP contribution is -2.40. The molecule has 1 fully saturated rings. The molecular formula is C21H25FN2O4S. The van der Waals surface area contributed by atoms with Gasteiger partial charge in [0.15, 0.2) is 0 Å². The number of hydrogen-bond acceptors (Lipinski definition) is 4. The van der Waals surface area contributed by atoms with Crippen LogP contribution in [-0.2, 0) is 20.4 Å². The highest BCUT2D eigenvalue weighted by Crippen LogP contribution is 2.26. The zero-order valence-corrected chi connectivity index (χ0v) is 17.3. The molecule has 6 nitrogen and oxygen atoms in total. The van der Waals surface area contributed by atoms with Gasteiger partial charge >= 0.3 is 0 Å². The lowest BCUT2D eigenvalue weighted by molar-refractivity contribution is 0.000388. The van der Waals surface area contributed by atoms with Crippen molar-refractivity contribution in [3.8, 4) is 0 Å². The van der Waals surface area contributed by atoms with Gasteiger partial charge in [-0.15, -0.1) is 0 Å². The molecule has 0 aromatic heterocycles. The maximum atomic E-state index is 14.1. The Morgan fingerprint density at radius 3 is 2.34 bits per heavy atom. The molecule has 1 saturated heterocycles. The van der Waals surface area contributed by atoms with Crippen LogP contribution in [0.15, 0.2) is 53.4 Å². The van der Waals surface area contributed by atoms with E-state index < -0.39 is 27.3 Å². The summed E-state index contributed by atoms with van der Waals surface area (Å²) < 4.78 is 46.2. The Morgan fingerprint density at radius 1 is 1.14 bits per heavy atom. The fourth-order valence-electron chi connectivity index (χ4n) is 3.37. The summed E-state index contributed by atoms with van der Waals surface area (Å²) in [5, 5.41) is 2.74. The molecule has 0 bridgehead atoms. The lowest BCUT2D eigenvalue weighted by atomic mass is 9.95. The average Bonchev–Trinajstić information content (AvgIpc) is 3.28. The van der Waals surface area contributed by atoms with Gasteiger partial charge in [-0.3, -0.25) is 4.79 Å². The van der Waals surface area contributed by atoms with Crippen LogP contribution in [0.2, 0.25) is 0 Å². The smallest absolute Gasteiger partial charge is 0.251 e. The molecule has 0 spiro atoms. The quantitative estimate of drug-likeness (QED) is 0.747. The molecule has 3 rings (SSSR count). The summed E-state index contributed by atoms with van der Waals surface area (Å²) in [4.78, 5) is 12.7. The predicted octanol–water partition coefficient (Wildman–Crippen LogP) is 2.90. The molecule has 1 atom stereocenters. The molecule has 1 unspecified atom stereocenters. The van der Waals surface area contributed by atoms with Crippen molar-refractivity contribution in [2.24, 2.45) is 0 Å². The van der Waals surface area contributed by atoms with Gasteiger partial charge in [0.05, 0.1) is 11.4 Å². The van der Waals surface area contributed by atoms with Crippen molar-refractivity contribution in [1.29, 1.82) is 0 Å². The number of hydrogen-bond donors (Lipinski definition) is 1. The Hall–Kier alpha value is -2.29. The highest BCUT2D eigenvalue weighted by atomic mass is 32.2. The van der Waals surface area contributed by atoms with Crippen LogP contribution in [0.3, 0.4) is 0 Å². The van der Waals surface area contributed by atoms with E-state index in [-0.39, 0.29) is 11.4 Å².